The number of fused-ring (bicyclic) bond motifs is 1. The van der Waals surface area contributed by atoms with Gasteiger partial charge in [0.1, 0.15) is 0 Å². The molecule has 0 amide bonds. The van der Waals surface area contributed by atoms with Crippen LogP contribution < -0.4 is 14.2 Å². The van der Waals surface area contributed by atoms with E-state index in [-0.39, 0.29) is 6.79 Å². The largest absolute Gasteiger partial charge is 0.493 e. The normalized spacial score (nSPS) is 15.6. The summed E-state index contributed by atoms with van der Waals surface area (Å²) in [5.41, 5.74) is 2.56. The Bertz CT molecular complexity index is 932. The Morgan fingerprint density at radius 3 is 2.03 bits per heavy atom. The number of carbonyl (C=O) groups is 2. The molecule has 0 radical (unpaired) electrons. The number of carboxylic acid groups (broad SMARTS) is 2. The molecule has 2 N–H and O–H groups in total. The van der Waals surface area contributed by atoms with Crippen LogP contribution in [0, 0.1) is 0 Å². The fourth-order valence-electron chi connectivity index (χ4n) is 3.49. The van der Waals surface area contributed by atoms with Crippen LogP contribution >= 0.6 is 15.9 Å². The van der Waals surface area contributed by atoms with Gasteiger partial charge in [-0.25, -0.2) is 9.59 Å². The smallest absolute Gasteiger partial charge is 0.414 e. The van der Waals surface area contributed by atoms with E-state index in [1.807, 2.05) is 0 Å². The third kappa shape index (κ3) is 6.59. The van der Waals surface area contributed by atoms with Gasteiger partial charge in [-0.2, -0.15) is 0 Å². The van der Waals surface area contributed by atoms with Crippen molar-refractivity contribution in [3.63, 3.8) is 0 Å². The van der Waals surface area contributed by atoms with E-state index in [0.717, 1.165) is 61.0 Å². The van der Waals surface area contributed by atoms with Gasteiger partial charge in [0, 0.05) is 43.7 Å². The predicted octanol–water partition coefficient (Wildman–Crippen LogP) is 2.66. The number of ether oxygens (including phenoxy) is 3. The van der Waals surface area contributed by atoms with Crippen LogP contribution in [0.5, 0.6) is 17.2 Å². The third-order valence-corrected chi connectivity index (χ3v) is 5.62. The fraction of sp³-hybridized carbons (Fsp3) is 0.364. The van der Waals surface area contributed by atoms with Crippen molar-refractivity contribution in [2.75, 3.05) is 40.1 Å². The minimum absolute atomic E-state index is 0.268. The molecule has 1 fully saturated rings. The van der Waals surface area contributed by atoms with Crippen LogP contribution in [0.15, 0.2) is 40.9 Å². The maximum atomic E-state index is 9.10. The fourth-order valence-corrected chi connectivity index (χ4v) is 3.75. The van der Waals surface area contributed by atoms with Crippen molar-refractivity contribution in [1.82, 2.24) is 9.80 Å². The molecule has 1 saturated heterocycles. The number of carboxylic acids is 2. The van der Waals surface area contributed by atoms with E-state index in [1.54, 1.807) is 7.11 Å². The van der Waals surface area contributed by atoms with E-state index >= 15 is 0 Å². The summed E-state index contributed by atoms with van der Waals surface area (Å²) < 4.78 is 17.6. The quantitative estimate of drug-likeness (QED) is 0.588. The number of piperazine rings is 1. The first kappa shape index (κ1) is 23.8. The summed E-state index contributed by atoms with van der Waals surface area (Å²) in [5, 5.41) is 14.8. The summed E-state index contributed by atoms with van der Waals surface area (Å²) in [7, 11) is 1.67. The lowest BCUT2D eigenvalue weighted by Crippen LogP contribution is -2.45. The second-order valence-corrected chi connectivity index (χ2v) is 8.24. The standard InChI is InChI=1S/C20H23BrN2O3.C2H2O4/c1-24-18-10-16(11-19-20(18)26-14-25-19)13-23-8-6-22(7-9-23)12-15-2-4-17(21)5-3-15;3-1(4)2(5)6/h2-5,10-11H,6-9,12-14H2,1H3;(H,3,4)(H,5,6). The molecule has 0 aromatic heterocycles. The minimum atomic E-state index is -1.82. The molecule has 0 spiro atoms. The minimum Gasteiger partial charge on any atom is -0.493 e. The van der Waals surface area contributed by atoms with Crippen molar-refractivity contribution in [1.29, 1.82) is 0 Å². The van der Waals surface area contributed by atoms with Gasteiger partial charge in [0.15, 0.2) is 11.5 Å². The molecule has 2 heterocycles. The maximum Gasteiger partial charge on any atom is 0.414 e. The van der Waals surface area contributed by atoms with E-state index in [1.165, 1.54) is 11.1 Å². The highest BCUT2D eigenvalue weighted by Gasteiger charge is 2.22. The highest BCUT2D eigenvalue weighted by molar-refractivity contribution is 9.10. The van der Waals surface area contributed by atoms with E-state index in [4.69, 9.17) is 34.0 Å². The molecule has 2 aliphatic heterocycles. The van der Waals surface area contributed by atoms with Gasteiger partial charge in [0.25, 0.3) is 0 Å². The van der Waals surface area contributed by atoms with Crippen molar-refractivity contribution in [2.24, 2.45) is 0 Å². The first-order chi connectivity index (χ1) is 15.4. The van der Waals surface area contributed by atoms with Gasteiger partial charge < -0.3 is 24.4 Å². The number of hydrogen-bond donors (Lipinski definition) is 2. The van der Waals surface area contributed by atoms with Gasteiger partial charge in [0.05, 0.1) is 7.11 Å². The Labute approximate surface area is 194 Å². The van der Waals surface area contributed by atoms with Crippen molar-refractivity contribution in [3.8, 4) is 17.2 Å². The van der Waals surface area contributed by atoms with E-state index in [9.17, 15) is 0 Å². The van der Waals surface area contributed by atoms with Gasteiger partial charge in [-0.3, -0.25) is 9.80 Å². The Balaban J connectivity index is 0.000000427. The van der Waals surface area contributed by atoms with Gasteiger partial charge in [0.2, 0.25) is 12.5 Å². The molecule has 9 nitrogen and oxygen atoms in total. The van der Waals surface area contributed by atoms with Gasteiger partial charge in [-0.05, 0) is 35.4 Å². The van der Waals surface area contributed by atoms with Crippen LogP contribution in [0.1, 0.15) is 11.1 Å². The first-order valence-electron chi connectivity index (χ1n) is 9.97. The maximum absolute atomic E-state index is 9.10. The number of nitrogens with zero attached hydrogens (tertiary/aromatic N) is 2. The summed E-state index contributed by atoms with van der Waals surface area (Å²) in [5.74, 6) is -1.39. The zero-order valence-electron chi connectivity index (χ0n) is 17.6. The summed E-state index contributed by atoms with van der Waals surface area (Å²) in [6, 6.07) is 12.7. The molecule has 2 aromatic rings. The molecule has 0 bridgehead atoms. The van der Waals surface area contributed by atoms with Crippen LogP contribution in [-0.2, 0) is 22.7 Å². The average Bonchev–Trinajstić information content (AvgIpc) is 3.25. The van der Waals surface area contributed by atoms with E-state index in [0.29, 0.717) is 0 Å². The molecule has 0 saturated carbocycles. The lowest BCUT2D eigenvalue weighted by atomic mass is 10.1. The molecule has 10 heteroatoms. The summed E-state index contributed by atoms with van der Waals surface area (Å²) in [6.45, 7) is 6.47. The van der Waals surface area contributed by atoms with Crippen LogP contribution in [0.3, 0.4) is 0 Å². The number of benzene rings is 2. The van der Waals surface area contributed by atoms with Gasteiger partial charge in [-0.1, -0.05) is 28.1 Å². The molecular formula is C22H25BrN2O7. The Kier molecular flexibility index (Phi) is 8.32. The number of methoxy groups -OCH3 is 1. The molecule has 2 aromatic carbocycles. The average molecular weight is 509 g/mol. The molecule has 0 aliphatic carbocycles. The number of rotatable bonds is 5. The molecule has 172 valence electrons. The van der Waals surface area contributed by atoms with Crippen molar-refractivity contribution < 1.29 is 34.0 Å². The highest BCUT2D eigenvalue weighted by atomic mass is 79.9. The lowest BCUT2D eigenvalue weighted by Gasteiger charge is -2.34. The van der Waals surface area contributed by atoms with Crippen molar-refractivity contribution in [3.05, 3.63) is 52.0 Å². The van der Waals surface area contributed by atoms with Crippen LogP contribution in [-0.4, -0.2) is 72.0 Å². The Morgan fingerprint density at radius 2 is 1.50 bits per heavy atom. The van der Waals surface area contributed by atoms with Gasteiger partial charge in [-0.15, -0.1) is 0 Å². The second-order valence-electron chi connectivity index (χ2n) is 7.32. The number of halogens is 1. The molecule has 4 rings (SSSR count). The van der Waals surface area contributed by atoms with Crippen LogP contribution in [0.25, 0.3) is 0 Å². The van der Waals surface area contributed by atoms with E-state index in [2.05, 4.69) is 62.1 Å². The summed E-state index contributed by atoms with van der Waals surface area (Å²) in [4.78, 5) is 23.2. The molecule has 2 aliphatic rings. The Hall–Kier alpha value is -2.82. The SMILES string of the molecule is COc1cc(CN2CCN(Cc3ccc(Br)cc3)CC2)cc2c1OCO2.O=C(O)C(=O)O. The van der Waals surface area contributed by atoms with Crippen molar-refractivity contribution >= 4 is 27.9 Å². The van der Waals surface area contributed by atoms with Crippen LogP contribution in [0.4, 0.5) is 0 Å². The first-order valence-corrected chi connectivity index (χ1v) is 10.8. The monoisotopic (exact) mass is 508 g/mol. The summed E-state index contributed by atoms with van der Waals surface area (Å²) in [6.07, 6.45) is 0. The lowest BCUT2D eigenvalue weighted by molar-refractivity contribution is -0.159. The van der Waals surface area contributed by atoms with Crippen LogP contribution in [0.2, 0.25) is 0 Å². The zero-order valence-corrected chi connectivity index (χ0v) is 19.2. The second kappa shape index (κ2) is 11.2. The molecular weight excluding hydrogens is 484 g/mol. The Morgan fingerprint density at radius 1 is 0.938 bits per heavy atom. The topological polar surface area (TPSA) is 109 Å². The third-order valence-electron chi connectivity index (χ3n) is 5.09. The number of hydrogen-bond acceptors (Lipinski definition) is 7. The van der Waals surface area contributed by atoms with E-state index < -0.39 is 11.9 Å². The molecule has 32 heavy (non-hydrogen) atoms. The highest BCUT2D eigenvalue weighted by Crippen LogP contribution is 2.42. The number of aliphatic carboxylic acids is 2. The summed E-state index contributed by atoms with van der Waals surface area (Å²) >= 11 is 3.49. The zero-order chi connectivity index (χ0) is 23.1. The predicted molar refractivity (Wildman–Crippen MR) is 119 cm³/mol. The van der Waals surface area contributed by atoms with Crippen molar-refractivity contribution in [2.45, 2.75) is 13.1 Å². The molecule has 0 atom stereocenters. The molecule has 0 unspecified atom stereocenters. The van der Waals surface area contributed by atoms with Gasteiger partial charge >= 0.3 is 11.9 Å².